The molecule has 9 nitrogen and oxygen atoms in total. The van der Waals surface area contributed by atoms with Crippen LogP contribution >= 0.6 is 0 Å². The molecule has 1 saturated heterocycles. The summed E-state index contributed by atoms with van der Waals surface area (Å²) in [5.41, 5.74) is -0.958. The van der Waals surface area contributed by atoms with E-state index in [1.54, 1.807) is 0 Å². The van der Waals surface area contributed by atoms with Crippen LogP contribution in [0.4, 0.5) is 0 Å². The summed E-state index contributed by atoms with van der Waals surface area (Å²) in [5, 5.41) is 44.9. The molecule has 1 aliphatic rings. The Hall–Kier alpha value is -1.52. The Morgan fingerprint density at radius 2 is 2.00 bits per heavy atom. The summed E-state index contributed by atoms with van der Waals surface area (Å²) in [6, 6.07) is 1.24. The summed E-state index contributed by atoms with van der Waals surface area (Å²) in [5.74, 6) is 0. The summed E-state index contributed by atoms with van der Waals surface area (Å²) in [6.45, 7) is -1.19. The Bertz CT molecular complexity index is 567. The number of aliphatic hydroxyl groups excluding tert-OH is 4. The van der Waals surface area contributed by atoms with Crippen molar-refractivity contribution in [2.45, 2.75) is 31.3 Å². The van der Waals surface area contributed by atoms with Gasteiger partial charge >= 0.3 is 5.69 Å². The molecule has 4 atom stereocenters. The SMILES string of the molecule is N=c1ccn([C@@H]2O[C@H](CO)[C@@H](O)[C@H]2O)c(=O)n1CO. The first-order valence-electron chi connectivity index (χ1n) is 5.61. The van der Waals surface area contributed by atoms with Gasteiger partial charge in [0.25, 0.3) is 0 Å². The summed E-state index contributed by atoms with van der Waals surface area (Å²) in [7, 11) is 0. The van der Waals surface area contributed by atoms with Crippen LogP contribution in [0.15, 0.2) is 17.1 Å². The predicted molar refractivity (Wildman–Crippen MR) is 59.8 cm³/mol. The predicted octanol–water partition coefficient (Wildman–Crippen LogP) is -3.31. The van der Waals surface area contributed by atoms with Crippen LogP contribution in [0.2, 0.25) is 0 Å². The lowest BCUT2D eigenvalue weighted by atomic mass is 10.1. The van der Waals surface area contributed by atoms with Gasteiger partial charge in [0.15, 0.2) is 6.23 Å². The van der Waals surface area contributed by atoms with Gasteiger partial charge in [0.05, 0.1) is 6.61 Å². The Morgan fingerprint density at radius 3 is 2.53 bits per heavy atom. The Balaban J connectivity index is 2.44. The summed E-state index contributed by atoms with van der Waals surface area (Å²) in [4.78, 5) is 12.0. The van der Waals surface area contributed by atoms with E-state index < -0.39 is 43.6 Å². The van der Waals surface area contributed by atoms with Gasteiger partial charge in [0.2, 0.25) is 0 Å². The molecule has 1 aliphatic heterocycles. The molecule has 0 aromatic carbocycles. The van der Waals surface area contributed by atoms with Gasteiger partial charge in [-0.25, -0.2) is 4.79 Å². The molecule has 1 aromatic heterocycles. The molecular weight excluding hydrogens is 258 g/mol. The fraction of sp³-hybridized carbons (Fsp3) is 0.600. The average Bonchev–Trinajstić information content (AvgIpc) is 2.67. The van der Waals surface area contributed by atoms with Crippen molar-refractivity contribution >= 4 is 0 Å². The zero-order valence-corrected chi connectivity index (χ0v) is 9.88. The minimum atomic E-state index is -1.39. The second kappa shape index (κ2) is 5.23. The highest BCUT2D eigenvalue weighted by Crippen LogP contribution is 2.27. The Kier molecular flexibility index (Phi) is 3.83. The third-order valence-corrected chi connectivity index (χ3v) is 3.07. The van der Waals surface area contributed by atoms with Gasteiger partial charge in [0, 0.05) is 6.20 Å². The third kappa shape index (κ3) is 2.22. The van der Waals surface area contributed by atoms with Crippen molar-refractivity contribution in [2.75, 3.05) is 6.61 Å². The molecular formula is C10H15N3O6. The largest absolute Gasteiger partial charge is 0.394 e. The molecule has 19 heavy (non-hydrogen) atoms. The van der Waals surface area contributed by atoms with Crippen LogP contribution in [-0.4, -0.2) is 54.5 Å². The summed E-state index contributed by atoms with van der Waals surface area (Å²) < 4.78 is 6.91. The van der Waals surface area contributed by atoms with Crippen molar-refractivity contribution in [1.29, 1.82) is 5.41 Å². The quantitative estimate of drug-likeness (QED) is 0.390. The van der Waals surface area contributed by atoms with Crippen molar-refractivity contribution in [3.8, 4) is 0 Å². The Morgan fingerprint density at radius 1 is 1.32 bits per heavy atom. The van der Waals surface area contributed by atoms with Crippen molar-refractivity contribution in [2.24, 2.45) is 0 Å². The van der Waals surface area contributed by atoms with Gasteiger partial charge in [-0.1, -0.05) is 0 Å². The molecule has 0 spiro atoms. The number of nitrogens with zero attached hydrogens (tertiary/aromatic N) is 2. The number of aromatic nitrogens is 2. The zero-order chi connectivity index (χ0) is 14.2. The lowest BCUT2D eigenvalue weighted by Gasteiger charge is -2.18. The minimum absolute atomic E-state index is 0.199. The lowest BCUT2D eigenvalue weighted by molar-refractivity contribution is -0.0561. The fourth-order valence-corrected chi connectivity index (χ4v) is 1.99. The van der Waals surface area contributed by atoms with Crippen LogP contribution < -0.4 is 11.2 Å². The van der Waals surface area contributed by atoms with Gasteiger partial charge in [-0.3, -0.25) is 14.5 Å². The topological polar surface area (TPSA) is 141 Å². The van der Waals surface area contributed by atoms with Crippen LogP contribution in [0.1, 0.15) is 6.23 Å². The van der Waals surface area contributed by atoms with Gasteiger partial charge in [-0.2, -0.15) is 0 Å². The number of nitrogens with one attached hydrogen (secondary N) is 1. The monoisotopic (exact) mass is 273 g/mol. The molecule has 1 aromatic rings. The molecule has 1 fully saturated rings. The molecule has 0 bridgehead atoms. The average molecular weight is 273 g/mol. The smallest absolute Gasteiger partial charge is 0.333 e. The normalized spacial score (nSPS) is 30.7. The molecule has 0 radical (unpaired) electrons. The first-order valence-corrected chi connectivity index (χ1v) is 5.61. The van der Waals surface area contributed by atoms with Gasteiger partial charge in [-0.15, -0.1) is 0 Å². The van der Waals surface area contributed by atoms with Gasteiger partial charge < -0.3 is 25.2 Å². The molecule has 2 heterocycles. The highest BCUT2D eigenvalue weighted by molar-refractivity contribution is 4.93. The summed E-state index contributed by atoms with van der Waals surface area (Å²) in [6.07, 6.45) is -3.67. The molecule has 106 valence electrons. The van der Waals surface area contributed by atoms with Crippen molar-refractivity contribution in [3.05, 3.63) is 28.2 Å². The number of hydrogen-bond acceptors (Lipinski definition) is 7. The van der Waals surface area contributed by atoms with Gasteiger partial charge in [-0.05, 0) is 6.07 Å². The van der Waals surface area contributed by atoms with E-state index in [9.17, 15) is 15.0 Å². The maximum atomic E-state index is 12.0. The van der Waals surface area contributed by atoms with Crippen molar-refractivity contribution in [1.82, 2.24) is 9.13 Å². The van der Waals surface area contributed by atoms with Crippen molar-refractivity contribution < 1.29 is 25.2 Å². The molecule has 9 heteroatoms. The number of aliphatic hydroxyl groups is 4. The maximum Gasteiger partial charge on any atom is 0.333 e. The zero-order valence-electron chi connectivity index (χ0n) is 9.88. The van der Waals surface area contributed by atoms with E-state index in [4.69, 9.17) is 20.4 Å². The molecule has 5 N–H and O–H groups in total. The molecule has 2 rings (SSSR count). The molecule has 0 saturated carbocycles. The van der Waals surface area contributed by atoms with E-state index in [1.807, 2.05) is 0 Å². The van der Waals surface area contributed by atoms with Crippen molar-refractivity contribution in [3.63, 3.8) is 0 Å². The second-order valence-electron chi connectivity index (χ2n) is 4.19. The maximum absolute atomic E-state index is 12.0. The van der Waals surface area contributed by atoms with Crippen LogP contribution in [0, 0.1) is 5.41 Å². The van der Waals surface area contributed by atoms with Gasteiger partial charge in [0.1, 0.15) is 30.5 Å². The molecule has 0 amide bonds. The first kappa shape index (κ1) is 13.9. The highest BCUT2D eigenvalue weighted by Gasteiger charge is 2.43. The van der Waals surface area contributed by atoms with Crippen LogP contribution in [0.5, 0.6) is 0 Å². The van der Waals surface area contributed by atoms with Crippen LogP contribution in [-0.2, 0) is 11.5 Å². The van der Waals surface area contributed by atoms with Crippen LogP contribution in [0.25, 0.3) is 0 Å². The third-order valence-electron chi connectivity index (χ3n) is 3.07. The highest BCUT2D eigenvalue weighted by atomic mass is 16.6. The number of rotatable bonds is 3. The summed E-state index contributed by atoms with van der Waals surface area (Å²) >= 11 is 0. The fourth-order valence-electron chi connectivity index (χ4n) is 1.99. The van der Waals surface area contributed by atoms with E-state index in [-0.39, 0.29) is 5.49 Å². The van der Waals surface area contributed by atoms with E-state index in [0.717, 1.165) is 9.13 Å². The minimum Gasteiger partial charge on any atom is -0.394 e. The number of ether oxygens (including phenoxy) is 1. The van der Waals surface area contributed by atoms with E-state index >= 15 is 0 Å². The first-order chi connectivity index (χ1) is 9.01. The second-order valence-corrected chi connectivity index (χ2v) is 4.19. The van der Waals surface area contributed by atoms with Crippen LogP contribution in [0.3, 0.4) is 0 Å². The lowest BCUT2D eigenvalue weighted by Crippen LogP contribution is -2.43. The van der Waals surface area contributed by atoms with E-state index in [0.29, 0.717) is 0 Å². The number of hydrogen-bond donors (Lipinski definition) is 5. The van der Waals surface area contributed by atoms with E-state index in [1.165, 1.54) is 12.3 Å². The standard InChI is InChI=1S/C10H15N3O6/c11-6-1-2-12(10(18)13(6)4-15)9-8(17)7(16)5(3-14)19-9/h1-2,5,7-9,11,14-17H,3-4H2/t5-,7-,8-,9-/m1/s1. The molecule has 0 aliphatic carbocycles. The Labute approximate surface area is 107 Å². The molecule has 0 unspecified atom stereocenters. The van der Waals surface area contributed by atoms with E-state index in [2.05, 4.69) is 0 Å².